The maximum atomic E-state index is 12.3. The van der Waals surface area contributed by atoms with E-state index in [9.17, 15) is 9.82 Å². The van der Waals surface area contributed by atoms with E-state index in [1.54, 1.807) is 6.82 Å². The zero-order chi connectivity index (χ0) is 14.2. The highest BCUT2D eigenvalue weighted by atomic mass is 16.6. The Balaban J connectivity index is 2.56. The number of aromatic nitrogens is 1. The van der Waals surface area contributed by atoms with Crippen LogP contribution >= 0.6 is 0 Å². The van der Waals surface area contributed by atoms with Crippen molar-refractivity contribution in [1.29, 1.82) is 0 Å². The molecule has 2 rings (SSSR count). The number of para-hydroxylation sites is 1. The predicted molar refractivity (Wildman–Crippen MR) is 77.0 cm³/mol. The van der Waals surface area contributed by atoms with Crippen LogP contribution in [0.15, 0.2) is 30.3 Å². The van der Waals surface area contributed by atoms with Gasteiger partial charge in [0.1, 0.15) is 5.60 Å². The van der Waals surface area contributed by atoms with Crippen molar-refractivity contribution in [2.45, 2.75) is 33.2 Å². The predicted octanol–water partition coefficient (Wildman–Crippen LogP) is 2.25. The first kappa shape index (κ1) is 13.7. The number of benzene rings is 1. The lowest BCUT2D eigenvalue weighted by molar-refractivity contribution is 0.0548. The van der Waals surface area contributed by atoms with Crippen molar-refractivity contribution in [2.24, 2.45) is 0 Å². The number of fused-ring (bicyclic) bond motifs is 1. The van der Waals surface area contributed by atoms with Crippen LogP contribution in [0.1, 0.15) is 20.8 Å². The average molecular weight is 259 g/mol. The van der Waals surface area contributed by atoms with Gasteiger partial charge in [-0.1, -0.05) is 25.0 Å². The van der Waals surface area contributed by atoms with E-state index in [0.717, 1.165) is 10.9 Å². The Morgan fingerprint density at radius 1 is 1.32 bits per heavy atom. The van der Waals surface area contributed by atoms with E-state index >= 15 is 0 Å². The number of ether oxygens (including phenoxy) is 1. The molecule has 0 bridgehead atoms. The third-order valence-electron chi connectivity index (χ3n) is 2.74. The molecule has 0 amide bonds. The topological polar surface area (TPSA) is 51.5 Å². The highest BCUT2D eigenvalue weighted by Gasteiger charge is 2.24. The molecule has 1 aromatic carbocycles. The molecule has 0 aliphatic rings. The summed E-state index contributed by atoms with van der Waals surface area (Å²) in [5.41, 5.74) is 0.710. The van der Waals surface area contributed by atoms with Gasteiger partial charge < -0.3 is 9.76 Å². The fraction of sp³-hybridized carbons (Fsp3) is 0.357. The Hall–Kier alpha value is -1.75. The third-order valence-corrected chi connectivity index (χ3v) is 2.74. The van der Waals surface area contributed by atoms with E-state index in [1.807, 2.05) is 51.1 Å². The summed E-state index contributed by atoms with van der Waals surface area (Å²) in [6.07, 6.45) is -0.468. The van der Waals surface area contributed by atoms with Crippen molar-refractivity contribution < 1.29 is 14.6 Å². The lowest BCUT2D eigenvalue weighted by atomic mass is 9.68. The number of nitrogens with zero attached hydrogens (tertiary/aromatic N) is 1. The van der Waals surface area contributed by atoms with Crippen molar-refractivity contribution in [2.75, 3.05) is 0 Å². The number of hydrogen-bond acceptors (Lipinski definition) is 3. The monoisotopic (exact) mass is 259 g/mol. The highest BCUT2D eigenvalue weighted by molar-refractivity contribution is 6.65. The summed E-state index contributed by atoms with van der Waals surface area (Å²) in [5.74, 6) is 0. The maximum Gasteiger partial charge on any atom is 0.418 e. The zero-order valence-electron chi connectivity index (χ0n) is 11.7. The molecule has 5 heteroatoms. The minimum Gasteiger partial charge on any atom is -0.446 e. The van der Waals surface area contributed by atoms with Crippen LogP contribution in [-0.2, 0) is 4.74 Å². The largest absolute Gasteiger partial charge is 0.446 e. The van der Waals surface area contributed by atoms with Crippen molar-refractivity contribution in [1.82, 2.24) is 4.57 Å². The number of rotatable bonds is 1. The van der Waals surface area contributed by atoms with Gasteiger partial charge in [0.2, 0.25) is 0 Å². The van der Waals surface area contributed by atoms with Gasteiger partial charge in [-0.15, -0.1) is 0 Å². The normalized spacial score (nSPS) is 11.6. The molecule has 0 spiro atoms. The molecule has 4 nitrogen and oxygen atoms in total. The first-order valence-electron chi connectivity index (χ1n) is 6.31. The van der Waals surface area contributed by atoms with Gasteiger partial charge in [-0.3, -0.25) is 4.57 Å². The molecule has 0 aliphatic carbocycles. The second-order valence-electron chi connectivity index (χ2n) is 5.62. The van der Waals surface area contributed by atoms with E-state index in [2.05, 4.69) is 0 Å². The summed E-state index contributed by atoms with van der Waals surface area (Å²) < 4.78 is 6.83. The zero-order valence-corrected chi connectivity index (χ0v) is 11.7. The molecule has 1 heterocycles. The van der Waals surface area contributed by atoms with Gasteiger partial charge in [0, 0.05) is 5.59 Å². The lowest BCUT2D eigenvalue weighted by Gasteiger charge is -2.21. The van der Waals surface area contributed by atoms with Crippen LogP contribution < -0.4 is 5.59 Å². The average Bonchev–Trinajstić information content (AvgIpc) is 2.65. The van der Waals surface area contributed by atoms with Crippen molar-refractivity contribution in [3.8, 4) is 0 Å². The number of hydrogen-bond donors (Lipinski definition) is 1. The van der Waals surface area contributed by atoms with Crippen LogP contribution in [0.3, 0.4) is 0 Å². The number of carbonyl (C=O) groups is 1. The molecule has 19 heavy (non-hydrogen) atoms. The van der Waals surface area contributed by atoms with Gasteiger partial charge in [0.05, 0.1) is 5.52 Å². The van der Waals surface area contributed by atoms with E-state index < -0.39 is 18.6 Å². The molecule has 1 aromatic heterocycles. The molecule has 2 aromatic rings. The Bertz CT molecular complexity index is 611. The van der Waals surface area contributed by atoms with Crippen LogP contribution in [0, 0.1) is 0 Å². The molecule has 0 fully saturated rings. The Morgan fingerprint density at radius 2 is 1.95 bits per heavy atom. The summed E-state index contributed by atoms with van der Waals surface area (Å²) in [7, 11) is 0. The van der Waals surface area contributed by atoms with Gasteiger partial charge >= 0.3 is 13.0 Å². The van der Waals surface area contributed by atoms with E-state index in [0.29, 0.717) is 5.59 Å². The van der Waals surface area contributed by atoms with E-state index in [-0.39, 0.29) is 0 Å². The van der Waals surface area contributed by atoms with Gasteiger partial charge in [-0.25, -0.2) is 4.79 Å². The van der Waals surface area contributed by atoms with Crippen LogP contribution in [0.25, 0.3) is 10.9 Å². The van der Waals surface area contributed by atoms with Crippen molar-refractivity contribution >= 4 is 29.5 Å². The maximum absolute atomic E-state index is 12.3. The summed E-state index contributed by atoms with van der Waals surface area (Å²) in [6.45, 7) is 6.35. The summed E-state index contributed by atoms with van der Waals surface area (Å²) in [4.78, 5) is 12.3. The van der Waals surface area contributed by atoms with Crippen LogP contribution in [0.5, 0.6) is 0 Å². The second-order valence-corrected chi connectivity index (χ2v) is 5.62. The SMILES string of the molecule is CB(O)c1cc2ccccc2n1C(=O)OC(C)(C)C. The molecule has 100 valence electrons. The molecule has 0 saturated heterocycles. The summed E-state index contributed by atoms with van der Waals surface area (Å²) >= 11 is 0. The molecule has 0 unspecified atom stereocenters. The lowest BCUT2D eigenvalue weighted by Crippen LogP contribution is -2.39. The molecular weight excluding hydrogens is 241 g/mol. The molecule has 0 atom stereocenters. The van der Waals surface area contributed by atoms with Gasteiger partial charge in [-0.2, -0.15) is 0 Å². The first-order valence-corrected chi connectivity index (χ1v) is 6.31. The summed E-state index contributed by atoms with van der Waals surface area (Å²) in [6, 6.07) is 9.31. The Morgan fingerprint density at radius 3 is 2.53 bits per heavy atom. The van der Waals surface area contributed by atoms with Crippen LogP contribution in [0.2, 0.25) is 6.82 Å². The Labute approximate surface area is 113 Å². The molecular formula is C14H18BNO3. The fourth-order valence-corrected chi connectivity index (χ4v) is 1.99. The van der Waals surface area contributed by atoms with E-state index in [1.165, 1.54) is 4.57 Å². The smallest absolute Gasteiger partial charge is 0.418 e. The fourth-order valence-electron chi connectivity index (χ4n) is 1.99. The van der Waals surface area contributed by atoms with E-state index in [4.69, 9.17) is 4.74 Å². The van der Waals surface area contributed by atoms with Gasteiger partial charge in [0.15, 0.2) is 0 Å². The highest BCUT2D eigenvalue weighted by Crippen LogP contribution is 2.17. The molecule has 0 aliphatic heterocycles. The minimum atomic E-state index is -0.736. The van der Waals surface area contributed by atoms with Crippen molar-refractivity contribution in [3.63, 3.8) is 0 Å². The van der Waals surface area contributed by atoms with Gasteiger partial charge in [0.25, 0.3) is 0 Å². The molecule has 1 N–H and O–H groups in total. The van der Waals surface area contributed by atoms with Crippen LogP contribution in [0.4, 0.5) is 4.79 Å². The second kappa shape index (κ2) is 4.74. The van der Waals surface area contributed by atoms with Crippen LogP contribution in [-0.4, -0.2) is 28.2 Å². The first-order chi connectivity index (χ1) is 8.79. The van der Waals surface area contributed by atoms with Crippen molar-refractivity contribution in [3.05, 3.63) is 30.3 Å². The molecule has 0 radical (unpaired) electrons. The quantitative estimate of drug-likeness (QED) is 0.799. The minimum absolute atomic E-state index is 0.468. The third kappa shape index (κ3) is 2.81. The number of carbonyl (C=O) groups excluding carboxylic acids is 1. The standard InChI is InChI=1S/C14H18BNO3/c1-14(2,3)19-13(17)16-11-8-6-5-7-10(11)9-12(16)15(4)18/h5-9,18H,1-4H3. The Kier molecular flexibility index (Phi) is 3.41. The summed E-state index contributed by atoms with van der Waals surface area (Å²) in [5, 5.41) is 10.7. The van der Waals surface area contributed by atoms with Gasteiger partial charge in [-0.05, 0) is 38.3 Å². The molecule has 0 saturated carbocycles.